The summed E-state index contributed by atoms with van der Waals surface area (Å²) in [7, 11) is 0.359. The number of thiol groups is 1. The number of hydrogen-bond acceptors (Lipinski definition) is 6. The first-order valence-electron chi connectivity index (χ1n) is 7.82. The van der Waals surface area contributed by atoms with Gasteiger partial charge in [-0.2, -0.15) is 0 Å². The summed E-state index contributed by atoms with van der Waals surface area (Å²) in [5.41, 5.74) is 3.28. The van der Waals surface area contributed by atoms with Crippen LogP contribution in [0.25, 0.3) is 6.08 Å². The first-order valence-corrected chi connectivity index (χ1v) is 16.0. The molecule has 1 saturated heterocycles. The average molecular weight is 474 g/mol. The molecule has 0 aromatic heterocycles. The number of carboxylic acid groups (broad SMARTS) is 1. The summed E-state index contributed by atoms with van der Waals surface area (Å²) in [6.07, 6.45) is 1.90. The zero-order valence-corrected chi connectivity index (χ0v) is 19.0. The van der Waals surface area contributed by atoms with Crippen molar-refractivity contribution in [2.75, 3.05) is 17.7 Å². The first-order chi connectivity index (χ1) is 12.9. The lowest BCUT2D eigenvalue weighted by atomic mass is 10.1. The Kier molecular flexibility index (Phi) is 5.84. The lowest BCUT2D eigenvalue weighted by Crippen LogP contribution is -2.14. The van der Waals surface area contributed by atoms with E-state index in [-0.39, 0.29) is 5.75 Å². The molecule has 3 unspecified atom stereocenters. The molecule has 142 valence electrons. The van der Waals surface area contributed by atoms with E-state index >= 15 is 0 Å². The molecule has 0 aliphatic carbocycles. The van der Waals surface area contributed by atoms with Gasteiger partial charge in [0.1, 0.15) is 5.75 Å². The van der Waals surface area contributed by atoms with Crippen molar-refractivity contribution < 1.29 is 14.5 Å². The predicted molar refractivity (Wildman–Crippen MR) is 125 cm³/mol. The van der Waals surface area contributed by atoms with Crippen LogP contribution in [0, 0.1) is 0 Å². The van der Waals surface area contributed by atoms with Gasteiger partial charge in [0.15, 0.2) is 0 Å². The van der Waals surface area contributed by atoms with Gasteiger partial charge < -0.3 is 14.6 Å². The van der Waals surface area contributed by atoms with Crippen LogP contribution in [0.3, 0.4) is 0 Å². The Morgan fingerprint density at radius 2 is 2.07 bits per heavy atom. The topological polar surface area (TPSA) is 63.6 Å². The van der Waals surface area contributed by atoms with Gasteiger partial charge in [-0.1, -0.05) is 30.0 Å². The largest absolute Gasteiger partial charge is 0.601 e. The third-order valence-corrected chi connectivity index (χ3v) is 21.9. The maximum absolute atomic E-state index is 12.7. The zero-order chi connectivity index (χ0) is 19.1. The number of para-hydroxylation sites is 1. The molecule has 1 N–H and O–H groups in total. The van der Waals surface area contributed by atoms with Crippen molar-refractivity contribution in [1.29, 1.82) is 0 Å². The number of benzene rings is 2. The van der Waals surface area contributed by atoms with E-state index in [1.165, 1.54) is 21.4 Å². The SMILES string of the molecule is CN1c2ccccc2Sc2cc(/C=C3\SS(=S)[SH](CC(=O)O)[S+]3[O-])ccc21. The molecule has 0 radical (unpaired) electrons. The highest BCUT2D eigenvalue weighted by Gasteiger charge is 2.38. The van der Waals surface area contributed by atoms with Crippen LogP contribution >= 0.6 is 31.5 Å². The molecule has 0 amide bonds. The molecule has 2 aliphatic rings. The van der Waals surface area contributed by atoms with Crippen LogP contribution in [-0.4, -0.2) is 28.4 Å². The van der Waals surface area contributed by atoms with Gasteiger partial charge in [-0.3, -0.25) is 4.79 Å². The minimum atomic E-state index is -1.30. The molecule has 4 rings (SSSR count). The van der Waals surface area contributed by atoms with E-state index in [0.717, 1.165) is 16.1 Å². The number of carboxylic acids is 1. The number of aliphatic carboxylic acids is 1. The Labute approximate surface area is 177 Å². The van der Waals surface area contributed by atoms with E-state index < -0.39 is 32.7 Å². The van der Waals surface area contributed by atoms with Crippen LogP contribution in [0.1, 0.15) is 5.56 Å². The molecule has 2 aromatic rings. The fourth-order valence-electron chi connectivity index (χ4n) is 2.78. The Hall–Kier alpha value is -0.620. The van der Waals surface area contributed by atoms with Gasteiger partial charge in [0.25, 0.3) is 0 Å². The molecular weight excluding hydrogens is 459 g/mol. The van der Waals surface area contributed by atoms with Gasteiger partial charge >= 0.3 is 5.97 Å². The Balaban J connectivity index is 1.63. The van der Waals surface area contributed by atoms with Gasteiger partial charge in [0.05, 0.1) is 11.4 Å². The summed E-state index contributed by atoms with van der Waals surface area (Å²) in [6, 6.07) is 14.5. The monoisotopic (exact) mass is 473 g/mol. The molecule has 2 aliphatic heterocycles. The fraction of sp³-hybridized carbons (Fsp3) is 0.118. The van der Waals surface area contributed by atoms with E-state index in [9.17, 15) is 9.35 Å². The molecule has 10 heteroatoms. The van der Waals surface area contributed by atoms with Gasteiger partial charge in [-0.15, -0.1) is 0 Å². The maximum atomic E-state index is 12.7. The summed E-state index contributed by atoms with van der Waals surface area (Å²) in [6.45, 7) is 0. The highest BCUT2D eigenvalue weighted by molar-refractivity contribution is 9.36. The van der Waals surface area contributed by atoms with Crippen LogP contribution < -0.4 is 4.90 Å². The Bertz CT molecular complexity index is 979. The molecule has 2 aromatic carbocycles. The minimum Gasteiger partial charge on any atom is -0.601 e. The number of carbonyl (C=O) groups is 1. The van der Waals surface area contributed by atoms with E-state index in [0.29, 0.717) is 4.24 Å². The van der Waals surface area contributed by atoms with Crippen LogP contribution in [0.15, 0.2) is 56.5 Å². The Morgan fingerprint density at radius 3 is 2.85 bits per heavy atom. The van der Waals surface area contributed by atoms with E-state index in [2.05, 4.69) is 36.2 Å². The number of anilines is 2. The van der Waals surface area contributed by atoms with Crippen molar-refractivity contribution >= 4 is 83.8 Å². The second kappa shape index (κ2) is 8.02. The van der Waals surface area contributed by atoms with Crippen molar-refractivity contribution in [2.45, 2.75) is 9.79 Å². The third-order valence-electron chi connectivity index (χ3n) is 4.02. The second-order valence-corrected chi connectivity index (χ2v) is 20.1. The van der Waals surface area contributed by atoms with Crippen molar-refractivity contribution in [3.63, 3.8) is 0 Å². The molecule has 1 fully saturated rings. The summed E-state index contributed by atoms with van der Waals surface area (Å²) < 4.78 is 13.4. The lowest BCUT2D eigenvalue weighted by molar-refractivity contribution is -0.133. The summed E-state index contributed by atoms with van der Waals surface area (Å²) in [5, 5.41) is 9.03. The first kappa shape index (κ1) is 19.7. The summed E-state index contributed by atoms with van der Waals surface area (Å²) >= 11 is 7.10. The second-order valence-electron chi connectivity index (χ2n) is 5.75. The predicted octanol–water partition coefficient (Wildman–Crippen LogP) is 4.62. The quantitative estimate of drug-likeness (QED) is 0.383. The van der Waals surface area contributed by atoms with E-state index in [1.54, 1.807) is 11.8 Å². The van der Waals surface area contributed by atoms with Crippen molar-refractivity contribution in [3.05, 3.63) is 52.3 Å². The van der Waals surface area contributed by atoms with Crippen LogP contribution in [0.5, 0.6) is 0 Å². The summed E-state index contributed by atoms with van der Waals surface area (Å²) in [4.78, 5) is 15.5. The van der Waals surface area contributed by atoms with Crippen molar-refractivity contribution in [1.82, 2.24) is 0 Å². The number of nitrogens with zero attached hydrogens (tertiary/aromatic N) is 1. The normalized spacial score (nSPS) is 26.7. The maximum Gasteiger partial charge on any atom is 0.316 e. The zero-order valence-electron chi connectivity index (χ0n) is 14.0. The van der Waals surface area contributed by atoms with Crippen LogP contribution in [0.2, 0.25) is 0 Å². The molecule has 0 bridgehead atoms. The van der Waals surface area contributed by atoms with Crippen molar-refractivity contribution in [3.8, 4) is 0 Å². The lowest BCUT2D eigenvalue weighted by Gasteiger charge is -2.29. The Morgan fingerprint density at radius 1 is 1.33 bits per heavy atom. The molecular formula is C17H15NO3S6. The number of hydrogen-bond donors (Lipinski definition) is 2. The average Bonchev–Trinajstić information content (AvgIpc) is 2.89. The van der Waals surface area contributed by atoms with E-state index in [4.69, 9.17) is 16.3 Å². The molecule has 2 heterocycles. The van der Waals surface area contributed by atoms with Gasteiger partial charge in [0, 0.05) is 51.4 Å². The third kappa shape index (κ3) is 3.93. The molecule has 0 spiro atoms. The standard InChI is InChI=1S/C17H15NO3S6/c1-18-12-4-2-3-5-14(12)23-15-8-11(6-7-13(15)18)9-17-24-27(22)25(26(17)21)10-16(19)20/h2-9,25H,10H2,1H3,(H,19,20)/b17-9+. The fourth-order valence-corrected chi connectivity index (χ4v) is 21.5. The number of rotatable bonds is 3. The highest BCUT2D eigenvalue weighted by Crippen LogP contribution is 2.58. The molecule has 0 saturated carbocycles. The number of fused-ring (bicyclic) bond motifs is 2. The minimum absolute atomic E-state index is 0.0828. The summed E-state index contributed by atoms with van der Waals surface area (Å²) in [5.74, 6) is -1.01. The van der Waals surface area contributed by atoms with Gasteiger partial charge in [-0.25, -0.2) is 0 Å². The van der Waals surface area contributed by atoms with Crippen molar-refractivity contribution in [2.24, 2.45) is 0 Å². The van der Waals surface area contributed by atoms with Crippen LogP contribution in [-0.2, 0) is 33.7 Å². The molecule has 3 atom stereocenters. The van der Waals surface area contributed by atoms with Gasteiger partial charge in [0.2, 0.25) is 4.24 Å². The van der Waals surface area contributed by atoms with Gasteiger partial charge in [-0.05, 0) is 50.0 Å². The molecule has 4 nitrogen and oxygen atoms in total. The van der Waals surface area contributed by atoms with Crippen LogP contribution in [0.4, 0.5) is 11.4 Å². The smallest absolute Gasteiger partial charge is 0.316 e. The molecule has 27 heavy (non-hydrogen) atoms. The van der Waals surface area contributed by atoms with E-state index in [1.807, 2.05) is 24.3 Å². The highest BCUT2D eigenvalue weighted by atomic mass is 33.8.